The van der Waals surface area contributed by atoms with Crippen molar-refractivity contribution in [2.45, 2.75) is 26.6 Å². The Hall–Kier alpha value is -3.13. The van der Waals surface area contributed by atoms with Gasteiger partial charge in [0.2, 0.25) is 0 Å². The van der Waals surface area contributed by atoms with Gasteiger partial charge < -0.3 is 19.3 Å². The lowest BCUT2D eigenvalue weighted by atomic mass is 10.1. The topological polar surface area (TPSA) is 90.7 Å². The first kappa shape index (κ1) is 17.3. The van der Waals surface area contributed by atoms with Gasteiger partial charge in [0.05, 0.1) is 0 Å². The van der Waals surface area contributed by atoms with Crippen LogP contribution in [0.4, 0.5) is 5.82 Å². The van der Waals surface area contributed by atoms with Gasteiger partial charge in [0, 0.05) is 22.1 Å². The number of nitrogens with one attached hydrogen (secondary N) is 1. The third-order valence-corrected chi connectivity index (χ3v) is 5.25. The van der Waals surface area contributed by atoms with Gasteiger partial charge in [-0.1, -0.05) is 17.3 Å². The average molecular weight is 384 g/mol. The number of carbonyl (C=O) groups is 2. The molecule has 7 nitrogen and oxygen atoms in total. The molecule has 8 heteroatoms. The number of hydrogen-bond donors (Lipinski definition) is 1. The van der Waals surface area contributed by atoms with Crippen LogP contribution < -0.4 is 10.1 Å². The Balaban J connectivity index is 1.46. The molecule has 0 radical (unpaired) electrons. The summed E-state index contributed by atoms with van der Waals surface area (Å²) in [6.45, 7) is 3.62. The predicted octanol–water partition coefficient (Wildman–Crippen LogP) is 3.79. The van der Waals surface area contributed by atoms with Crippen LogP contribution in [0.3, 0.4) is 0 Å². The van der Waals surface area contributed by atoms with Crippen LogP contribution in [0.15, 0.2) is 40.9 Å². The molecule has 1 aromatic carbocycles. The van der Waals surface area contributed by atoms with Crippen molar-refractivity contribution in [2.24, 2.45) is 0 Å². The molecule has 0 unspecified atom stereocenters. The third-order valence-electron chi connectivity index (χ3n) is 4.06. The zero-order valence-corrected chi connectivity index (χ0v) is 15.5. The molecular formula is C19H16N2O5S. The summed E-state index contributed by atoms with van der Waals surface area (Å²) in [6.07, 6.45) is -0.975. The maximum atomic E-state index is 12.5. The van der Waals surface area contributed by atoms with Crippen LogP contribution >= 0.6 is 11.3 Å². The molecule has 0 fully saturated rings. The van der Waals surface area contributed by atoms with Gasteiger partial charge in [-0.3, -0.25) is 4.79 Å². The molecule has 3 heterocycles. The lowest BCUT2D eigenvalue weighted by Gasteiger charge is -2.16. The molecule has 0 aliphatic carbocycles. The molecule has 1 aliphatic rings. The van der Waals surface area contributed by atoms with Crippen molar-refractivity contribution in [2.75, 3.05) is 5.32 Å². The number of nitrogens with zero attached hydrogens (tertiary/aromatic N) is 1. The molecule has 2 aromatic heterocycles. The molecule has 1 atom stereocenters. The van der Waals surface area contributed by atoms with Gasteiger partial charge in [0.1, 0.15) is 23.0 Å². The molecule has 138 valence electrons. The third kappa shape index (κ3) is 3.43. The molecule has 1 aliphatic heterocycles. The first-order valence-electron chi connectivity index (χ1n) is 8.31. The summed E-state index contributed by atoms with van der Waals surface area (Å²) in [4.78, 5) is 26.1. The minimum atomic E-state index is -0.975. The van der Waals surface area contributed by atoms with E-state index in [1.54, 1.807) is 19.1 Å². The van der Waals surface area contributed by atoms with E-state index in [0.29, 0.717) is 17.2 Å². The van der Waals surface area contributed by atoms with E-state index in [0.717, 1.165) is 21.8 Å². The van der Waals surface area contributed by atoms with E-state index in [4.69, 9.17) is 14.0 Å². The SMILES string of the molecule is Cc1cc(NC(=O)[C@H](C)OC(=O)c2cc3c(s2)-c2ccccc2OC3)no1. The zero-order chi connectivity index (χ0) is 19.0. The largest absolute Gasteiger partial charge is 0.488 e. The number of esters is 1. The zero-order valence-electron chi connectivity index (χ0n) is 14.6. The number of rotatable bonds is 4. The van der Waals surface area contributed by atoms with Crippen LogP contribution in [0.2, 0.25) is 0 Å². The number of ether oxygens (including phenoxy) is 2. The summed E-state index contributed by atoms with van der Waals surface area (Å²) in [6, 6.07) is 11.0. The van der Waals surface area contributed by atoms with Crippen LogP contribution in [0.5, 0.6) is 5.75 Å². The normalized spacial score (nSPS) is 13.1. The smallest absolute Gasteiger partial charge is 0.349 e. The molecule has 0 saturated heterocycles. The number of aryl methyl sites for hydroxylation is 1. The molecule has 1 N–H and O–H groups in total. The van der Waals surface area contributed by atoms with Gasteiger partial charge in [-0.25, -0.2) is 4.79 Å². The van der Waals surface area contributed by atoms with Crippen molar-refractivity contribution in [3.8, 4) is 16.2 Å². The van der Waals surface area contributed by atoms with Crippen LogP contribution in [-0.4, -0.2) is 23.1 Å². The van der Waals surface area contributed by atoms with Crippen molar-refractivity contribution < 1.29 is 23.6 Å². The lowest BCUT2D eigenvalue weighted by Crippen LogP contribution is -2.29. The molecular weight excluding hydrogens is 368 g/mol. The van der Waals surface area contributed by atoms with E-state index in [1.165, 1.54) is 18.3 Å². The monoisotopic (exact) mass is 384 g/mol. The summed E-state index contributed by atoms with van der Waals surface area (Å²) in [5, 5.41) is 6.23. The molecule has 0 spiro atoms. The van der Waals surface area contributed by atoms with Crippen molar-refractivity contribution in [1.82, 2.24) is 5.16 Å². The molecule has 0 saturated carbocycles. The van der Waals surface area contributed by atoms with E-state index < -0.39 is 18.0 Å². The fraction of sp³-hybridized carbons (Fsp3) is 0.211. The molecule has 4 rings (SSSR count). The van der Waals surface area contributed by atoms with Gasteiger partial charge in [-0.15, -0.1) is 11.3 Å². The average Bonchev–Trinajstić information content (AvgIpc) is 3.27. The Morgan fingerprint density at radius 1 is 1.30 bits per heavy atom. The Morgan fingerprint density at radius 3 is 2.89 bits per heavy atom. The van der Waals surface area contributed by atoms with Gasteiger partial charge in [-0.05, 0) is 32.0 Å². The molecule has 27 heavy (non-hydrogen) atoms. The summed E-state index contributed by atoms with van der Waals surface area (Å²) in [7, 11) is 0. The number of fused-ring (bicyclic) bond motifs is 3. The van der Waals surface area contributed by atoms with E-state index >= 15 is 0 Å². The van der Waals surface area contributed by atoms with E-state index in [9.17, 15) is 9.59 Å². The number of aromatic nitrogens is 1. The number of carbonyl (C=O) groups excluding carboxylic acids is 2. The fourth-order valence-electron chi connectivity index (χ4n) is 2.73. The van der Waals surface area contributed by atoms with Gasteiger partial charge in [-0.2, -0.15) is 0 Å². The van der Waals surface area contributed by atoms with Crippen LogP contribution in [-0.2, 0) is 16.1 Å². The Bertz CT molecular complexity index is 1020. The van der Waals surface area contributed by atoms with E-state index in [-0.39, 0.29) is 5.82 Å². The number of para-hydroxylation sites is 1. The Morgan fingerprint density at radius 2 is 2.11 bits per heavy atom. The van der Waals surface area contributed by atoms with Gasteiger partial charge in [0.15, 0.2) is 11.9 Å². The summed E-state index contributed by atoms with van der Waals surface area (Å²) >= 11 is 1.33. The number of benzene rings is 1. The highest BCUT2D eigenvalue weighted by Crippen LogP contribution is 2.42. The van der Waals surface area contributed by atoms with Gasteiger partial charge in [0.25, 0.3) is 5.91 Å². The minimum Gasteiger partial charge on any atom is -0.488 e. The van der Waals surface area contributed by atoms with Crippen molar-refractivity contribution >= 4 is 29.0 Å². The van der Waals surface area contributed by atoms with E-state index in [2.05, 4.69) is 10.5 Å². The second-order valence-electron chi connectivity index (χ2n) is 6.11. The minimum absolute atomic E-state index is 0.278. The number of hydrogen-bond acceptors (Lipinski definition) is 7. The Labute approximate surface area is 158 Å². The fourth-order valence-corrected chi connectivity index (χ4v) is 3.81. The quantitative estimate of drug-likeness (QED) is 0.688. The summed E-state index contributed by atoms with van der Waals surface area (Å²) < 4.78 is 15.9. The number of amides is 1. The summed E-state index contributed by atoms with van der Waals surface area (Å²) in [5.41, 5.74) is 1.89. The molecule has 1 amide bonds. The maximum absolute atomic E-state index is 12.5. The van der Waals surface area contributed by atoms with Crippen LogP contribution in [0.1, 0.15) is 27.9 Å². The maximum Gasteiger partial charge on any atom is 0.349 e. The highest BCUT2D eigenvalue weighted by atomic mass is 32.1. The highest BCUT2D eigenvalue weighted by molar-refractivity contribution is 7.17. The van der Waals surface area contributed by atoms with Crippen molar-refractivity contribution in [3.05, 3.63) is 52.6 Å². The predicted molar refractivity (Wildman–Crippen MR) is 98.8 cm³/mol. The Kier molecular flexibility index (Phi) is 4.41. The highest BCUT2D eigenvalue weighted by Gasteiger charge is 2.25. The van der Waals surface area contributed by atoms with Gasteiger partial charge >= 0.3 is 5.97 Å². The lowest BCUT2D eigenvalue weighted by molar-refractivity contribution is -0.123. The molecule has 0 bridgehead atoms. The molecule has 3 aromatic rings. The second-order valence-corrected chi connectivity index (χ2v) is 7.16. The van der Waals surface area contributed by atoms with Crippen LogP contribution in [0.25, 0.3) is 10.4 Å². The number of anilines is 1. The first-order valence-corrected chi connectivity index (χ1v) is 9.13. The van der Waals surface area contributed by atoms with Crippen molar-refractivity contribution in [3.63, 3.8) is 0 Å². The second kappa shape index (κ2) is 6.88. The summed E-state index contributed by atoms with van der Waals surface area (Å²) in [5.74, 6) is 0.613. The standard InChI is InChI=1S/C19H16N2O5S/c1-10-7-16(21-26-10)20-18(22)11(2)25-19(23)15-8-12-9-24-14-6-4-3-5-13(14)17(12)27-15/h3-8,11H,9H2,1-2H3,(H,20,21,22)/t11-/m0/s1. The van der Waals surface area contributed by atoms with Crippen molar-refractivity contribution in [1.29, 1.82) is 0 Å². The van der Waals surface area contributed by atoms with E-state index in [1.807, 2.05) is 24.3 Å². The first-order chi connectivity index (χ1) is 13.0. The van der Waals surface area contributed by atoms with Crippen LogP contribution in [0, 0.1) is 6.92 Å². The number of thiophene rings is 1.